The van der Waals surface area contributed by atoms with Gasteiger partial charge in [-0.2, -0.15) is 0 Å². The van der Waals surface area contributed by atoms with E-state index in [0.29, 0.717) is 50.0 Å². The molecule has 0 N–H and O–H groups in total. The lowest BCUT2D eigenvalue weighted by atomic mass is 9.86. The fourth-order valence-corrected chi connectivity index (χ4v) is 6.28. The summed E-state index contributed by atoms with van der Waals surface area (Å²) in [5, 5.41) is 0. The van der Waals surface area contributed by atoms with Gasteiger partial charge in [-0.3, -0.25) is 9.69 Å². The fourth-order valence-electron chi connectivity index (χ4n) is 6.28. The third-order valence-electron chi connectivity index (χ3n) is 8.11. The van der Waals surface area contributed by atoms with Gasteiger partial charge in [0.25, 0.3) is 5.92 Å². The van der Waals surface area contributed by atoms with Crippen LogP contribution in [0, 0.1) is 17.8 Å². The van der Waals surface area contributed by atoms with E-state index in [1.165, 1.54) is 24.0 Å². The Morgan fingerprint density at radius 1 is 1.06 bits per heavy atom. The highest BCUT2D eigenvalue weighted by molar-refractivity contribution is 5.79. The largest absolute Gasteiger partial charge is 0.381 e. The monoisotopic (exact) mass is 432 g/mol. The topological polar surface area (TPSA) is 32.8 Å². The lowest BCUT2D eigenvalue weighted by molar-refractivity contribution is -0.137. The van der Waals surface area contributed by atoms with E-state index in [2.05, 4.69) is 29.2 Å². The van der Waals surface area contributed by atoms with Crippen LogP contribution >= 0.6 is 0 Å². The molecule has 1 aromatic rings. The zero-order chi connectivity index (χ0) is 21.4. The number of rotatable bonds is 5. The van der Waals surface area contributed by atoms with Crippen molar-refractivity contribution >= 4 is 5.91 Å². The Hall–Kier alpha value is -1.53. The van der Waals surface area contributed by atoms with Gasteiger partial charge in [0.15, 0.2) is 0 Å². The van der Waals surface area contributed by atoms with E-state index in [1.54, 1.807) is 0 Å². The lowest BCUT2D eigenvalue weighted by Crippen LogP contribution is -2.37. The predicted molar refractivity (Wildman–Crippen MR) is 115 cm³/mol. The molecule has 1 aliphatic carbocycles. The minimum Gasteiger partial charge on any atom is -0.381 e. The molecule has 3 atom stereocenters. The molecule has 5 rings (SSSR count). The zero-order valence-electron chi connectivity index (χ0n) is 18.3. The van der Waals surface area contributed by atoms with Crippen molar-refractivity contribution in [1.29, 1.82) is 0 Å². The third-order valence-corrected chi connectivity index (χ3v) is 8.11. The van der Waals surface area contributed by atoms with Gasteiger partial charge in [0, 0.05) is 51.7 Å². The predicted octanol–water partition coefficient (Wildman–Crippen LogP) is 3.95. The number of likely N-dealkylation sites (tertiary alicyclic amines) is 2. The third kappa shape index (κ3) is 4.65. The first-order valence-electron chi connectivity index (χ1n) is 12.0. The minimum atomic E-state index is -2.51. The number of benzene rings is 1. The van der Waals surface area contributed by atoms with Crippen molar-refractivity contribution < 1.29 is 18.3 Å². The van der Waals surface area contributed by atoms with Crippen molar-refractivity contribution in [2.24, 2.45) is 17.8 Å². The molecule has 170 valence electrons. The van der Waals surface area contributed by atoms with Crippen molar-refractivity contribution in [3.63, 3.8) is 0 Å². The highest BCUT2D eigenvalue weighted by atomic mass is 19.3. The molecule has 3 unspecified atom stereocenters. The highest BCUT2D eigenvalue weighted by Crippen LogP contribution is 2.48. The van der Waals surface area contributed by atoms with E-state index in [4.69, 9.17) is 4.74 Å². The van der Waals surface area contributed by atoms with Gasteiger partial charge in [-0.15, -0.1) is 0 Å². The molecule has 3 saturated heterocycles. The molecule has 4 nitrogen and oxygen atoms in total. The summed E-state index contributed by atoms with van der Waals surface area (Å²) in [6.07, 6.45) is 4.95. The molecule has 1 saturated carbocycles. The number of amides is 1. The van der Waals surface area contributed by atoms with Gasteiger partial charge in [-0.05, 0) is 61.0 Å². The number of carbonyl (C=O) groups is 1. The molecule has 4 aliphatic rings. The van der Waals surface area contributed by atoms with E-state index in [1.807, 2.05) is 4.90 Å². The molecule has 31 heavy (non-hydrogen) atoms. The van der Waals surface area contributed by atoms with Gasteiger partial charge in [0.05, 0.1) is 6.54 Å². The maximum absolute atomic E-state index is 13.4. The van der Waals surface area contributed by atoms with Crippen molar-refractivity contribution in [3.05, 3.63) is 35.4 Å². The van der Waals surface area contributed by atoms with Gasteiger partial charge < -0.3 is 9.64 Å². The Labute approximate surface area is 183 Å². The number of halogens is 2. The van der Waals surface area contributed by atoms with Gasteiger partial charge in [-0.25, -0.2) is 8.78 Å². The highest BCUT2D eigenvalue weighted by Gasteiger charge is 2.45. The molecular weight excluding hydrogens is 398 g/mol. The van der Waals surface area contributed by atoms with Crippen LogP contribution in [0.25, 0.3) is 0 Å². The molecule has 3 heterocycles. The SMILES string of the molecule is O=C(C1CCOCC1)N1CC2CCC(c3ccc(CCN4CCC(F)(F)C4)cc3)C2C1. The van der Waals surface area contributed by atoms with Crippen molar-refractivity contribution in [2.45, 2.75) is 50.4 Å². The van der Waals surface area contributed by atoms with E-state index in [9.17, 15) is 13.6 Å². The Morgan fingerprint density at radius 2 is 1.84 bits per heavy atom. The second-order valence-electron chi connectivity index (χ2n) is 10.1. The summed E-state index contributed by atoms with van der Waals surface area (Å²) in [5.74, 6) is -0.278. The molecule has 1 aromatic carbocycles. The van der Waals surface area contributed by atoms with Gasteiger partial charge in [0.2, 0.25) is 5.91 Å². The quantitative estimate of drug-likeness (QED) is 0.706. The summed E-state index contributed by atoms with van der Waals surface area (Å²) in [6.45, 7) is 4.36. The number of ether oxygens (including phenoxy) is 1. The summed E-state index contributed by atoms with van der Waals surface area (Å²) in [4.78, 5) is 17.0. The van der Waals surface area contributed by atoms with Crippen LogP contribution in [0.5, 0.6) is 0 Å². The smallest absolute Gasteiger partial charge is 0.261 e. The fraction of sp³-hybridized carbons (Fsp3) is 0.720. The van der Waals surface area contributed by atoms with Gasteiger partial charge >= 0.3 is 0 Å². The van der Waals surface area contributed by atoms with Crippen LogP contribution in [-0.4, -0.2) is 67.6 Å². The standard InChI is InChI=1S/C25H34F2N2O2/c26-25(27)10-12-28(17-25)11-7-18-1-3-19(4-2-18)22-6-5-21-15-29(16-23(21)22)24(30)20-8-13-31-14-9-20/h1-4,20-23H,5-17H2. The molecule has 3 aliphatic heterocycles. The van der Waals surface area contributed by atoms with Crippen LogP contribution in [0.1, 0.15) is 49.1 Å². The second kappa shape index (κ2) is 8.78. The number of carbonyl (C=O) groups excluding carboxylic acids is 1. The Morgan fingerprint density at radius 3 is 2.55 bits per heavy atom. The first-order valence-corrected chi connectivity index (χ1v) is 12.0. The van der Waals surface area contributed by atoms with Crippen molar-refractivity contribution in [2.75, 3.05) is 45.9 Å². The summed E-state index contributed by atoms with van der Waals surface area (Å²) in [6, 6.07) is 8.83. The molecular formula is C25H34F2N2O2. The number of hydrogen-bond acceptors (Lipinski definition) is 3. The average Bonchev–Trinajstić information content (AvgIpc) is 3.46. The van der Waals surface area contributed by atoms with E-state index in [-0.39, 0.29) is 18.9 Å². The molecule has 1 amide bonds. The van der Waals surface area contributed by atoms with Crippen LogP contribution in [0.15, 0.2) is 24.3 Å². The normalized spacial score (nSPS) is 31.3. The van der Waals surface area contributed by atoms with E-state index in [0.717, 1.165) is 32.4 Å². The first kappa shape index (κ1) is 21.3. The molecule has 0 spiro atoms. The second-order valence-corrected chi connectivity index (χ2v) is 10.1. The summed E-state index contributed by atoms with van der Waals surface area (Å²) >= 11 is 0. The van der Waals surface area contributed by atoms with Crippen LogP contribution < -0.4 is 0 Å². The Kier molecular flexibility index (Phi) is 6.04. The molecule has 6 heteroatoms. The first-order chi connectivity index (χ1) is 15.0. The summed E-state index contributed by atoms with van der Waals surface area (Å²) in [5.41, 5.74) is 2.60. The number of alkyl halides is 2. The average molecular weight is 433 g/mol. The van der Waals surface area contributed by atoms with Gasteiger partial charge in [-0.1, -0.05) is 24.3 Å². The minimum absolute atomic E-state index is 0.00970. The van der Waals surface area contributed by atoms with Crippen molar-refractivity contribution in [1.82, 2.24) is 9.80 Å². The Balaban J connectivity index is 1.16. The lowest BCUT2D eigenvalue weighted by Gasteiger charge is -2.27. The van der Waals surface area contributed by atoms with E-state index < -0.39 is 5.92 Å². The number of nitrogens with zero attached hydrogens (tertiary/aromatic N) is 2. The maximum atomic E-state index is 13.4. The van der Waals surface area contributed by atoms with Crippen LogP contribution in [0.2, 0.25) is 0 Å². The van der Waals surface area contributed by atoms with Crippen LogP contribution in [0.3, 0.4) is 0 Å². The molecule has 4 fully saturated rings. The summed E-state index contributed by atoms with van der Waals surface area (Å²) in [7, 11) is 0. The van der Waals surface area contributed by atoms with E-state index >= 15 is 0 Å². The van der Waals surface area contributed by atoms with Crippen molar-refractivity contribution in [3.8, 4) is 0 Å². The molecule has 0 aromatic heterocycles. The maximum Gasteiger partial charge on any atom is 0.261 e. The number of fused-ring (bicyclic) bond motifs is 1. The zero-order valence-corrected chi connectivity index (χ0v) is 18.3. The van der Waals surface area contributed by atoms with Crippen LogP contribution in [-0.2, 0) is 16.0 Å². The summed E-state index contributed by atoms with van der Waals surface area (Å²) < 4.78 is 32.1. The molecule has 0 radical (unpaired) electrons. The molecule has 0 bridgehead atoms. The Bertz CT molecular complexity index is 778. The van der Waals surface area contributed by atoms with Crippen LogP contribution in [0.4, 0.5) is 8.78 Å². The van der Waals surface area contributed by atoms with Gasteiger partial charge in [0.1, 0.15) is 0 Å². The number of hydrogen-bond donors (Lipinski definition) is 0.